The quantitative estimate of drug-likeness (QED) is 0.213. The van der Waals surface area contributed by atoms with Gasteiger partial charge in [-0.05, 0) is 73.4 Å². The number of aryl methyl sites for hydroxylation is 1. The van der Waals surface area contributed by atoms with Gasteiger partial charge >= 0.3 is 0 Å². The fourth-order valence-electron chi connectivity index (χ4n) is 5.54. The molecule has 3 heterocycles. The van der Waals surface area contributed by atoms with Gasteiger partial charge in [0.15, 0.2) is 0 Å². The van der Waals surface area contributed by atoms with Crippen molar-refractivity contribution in [1.29, 1.82) is 0 Å². The summed E-state index contributed by atoms with van der Waals surface area (Å²) in [5.74, 6) is 1.87. The first-order valence-corrected chi connectivity index (χ1v) is 14.2. The minimum atomic E-state index is -0.0639. The van der Waals surface area contributed by atoms with Crippen molar-refractivity contribution in [1.82, 2.24) is 19.7 Å². The summed E-state index contributed by atoms with van der Waals surface area (Å²) in [6.07, 6.45) is 9.07. The lowest BCUT2D eigenvalue weighted by Crippen LogP contribution is -2.40. The van der Waals surface area contributed by atoms with Gasteiger partial charge in [0.05, 0.1) is 16.9 Å². The second-order valence-corrected chi connectivity index (χ2v) is 10.6. The Morgan fingerprint density at radius 2 is 1.83 bits per heavy atom. The first-order chi connectivity index (χ1) is 20.5. The Balaban J connectivity index is 1.44. The van der Waals surface area contributed by atoms with Gasteiger partial charge in [0.1, 0.15) is 23.0 Å². The maximum Gasteiger partial charge on any atom is 0.246 e. The van der Waals surface area contributed by atoms with Crippen LogP contribution in [-0.2, 0) is 4.79 Å². The number of nitrogens with two attached hydrogens (primary N) is 1. The number of likely N-dealkylation sites (tertiary alicyclic amines) is 1. The molecule has 1 aliphatic heterocycles. The highest BCUT2D eigenvalue weighted by Gasteiger charge is 2.28. The van der Waals surface area contributed by atoms with Crippen LogP contribution in [0.25, 0.3) is 34.3 Å². The van der Waals surface area contributed by atoms with Crippen molar-refractivity contribution in [3.63, 3.8) is 0 Å². The minimum absolute atomic E-state index is 0.0199. The Bertz CT molecular complexity index is 1770. The van der Waals surface area contributed by atoms with E-state index in [1.165, 1.54) is 6.08 Å². The summed E-state index contributed by atoms with van der Waals surface area (Å²) in [5, 5.41) is 5.96. The van der Waals surface area contributed by atoms with Crippen molar-refractivity contribution in [2.45, 2.75) is 25.8 Å². The molecule has 210 valence electrons. The van der Waals surface area contributed by atoms with Crippen molar-refractivity contribution in [3.8, 4) is 22.8 Å². The number of pyridine rings is 1. The summed E-state index contributed by atoms with van der Waals surface area (Å²) >= 11 is 0. The topological polar surface area (TPSA) is 86.3 Å². The van der Waals surface area contributed by atoms with Crippen molar-refractivity contribution >= 4 is 34.8 Å². The average Bonchev–Trinajstić information content (AvgIpc) is 3.43. The molecule has 1 fully saturated rings. The van der Waals surface area contributed by atoms with Crippen LogP contribution < -0.4 is 10.5 Å². The fourth-order valence-corrected chi connectivity index (χ4v) is 5.54. The van der Waals surface area contributed by atoms with Crippen LogP contribution >= 0.6 is 0 Å². The highest BCUT2D eigenvalue weighted by atomic mass is 16.5. The summed E-state index contributed by atoms with van der Waals surface area (Å²) in [6, 6.07) is 26.0. The lowest BCUT2D eigenvalue weighted by molar-refractivity contribution is -0.127. The summed E-state index contributed by atoms with van der Waals surface area (Å²) in [6.45, 7) is 6.98. The second-order valence-electron chi connectivity index (χ2n) is 10.6. The van der Waals surface area contributed by atoms with Crippen LogP contribution in [0.1, 0.15) is 35.6 Å². The highest BCUT2D eigenvalue weighted by molar-refractivity contribution is 6.04. The summed E-state index contributed by atoms with van der Waals surface area (Å²) in [7, 11) is 0. The van der Waals surface area contributed by atoms with Crippen molar-refractivity contribution in [3.05, 3.63) is 114 Å². The number of hydrogen-bond donors (Lipinski definition) is 1. The second kappa shape index (κ2) is 11.7. The number of rotatable bonds is 7. The number of nitrogens with zero attached hydrogens (tertiary/aromatic N) is 4. The summed E-state index contributed by atoms with van der Waals surface area (Å²) in [5.41, 5.74) is 12.3. The molecule has 7 nitrogen and oxygen atoms in total. The van der Waals surface area contributed by atoms with Crippen LogP contribution in [0.4, 0.5) is 5.82 Å². The van der Waals surface area contributed by atoms with E-state index in [1.54, 1.807) is 6.20 Å². The maximum absolute atomic E-state index is 12.5. The van der Waals surface area contributed by atoms with E-state index < -0.39 is 0 Å². The molecule has 1 aliphatic rings. The molecule has 3 aromatic carbocycles. The van der Waals surface area contributed by atoms with Gasteiger partial charge in [-0.2, -0.15) is 5.10 Å². The lowest BCUT2D eigenvalue weighted by atomic mass is 10.0. The van der Waals surface area contributed by atoms with Gasteiger partial charge in [-0.15, -0.1) is 0 Å². The zero-order chi connectivity index (χ0) is 29.1. The predicted octanol–water partition coefficient (Wildman–Crippen LogP) is 7.30. The highest BCUT2D eigenvalue weighted by Crippen LogP contribution is 2.38. The molecular formula is C35H33N5O2. The molecule has 0 bridgehead atoms. The van der Waals surface area contributed by atoms with E-state index in [4.69, 9.17) is 15.6 Å². The van der Waals surface area contributed by atoms with Gasteiger partial charge in [0.2, 0.25) is 5.91 Å². The minimum Gasteiger partial charge on any atom is -0.457 e. The Morgan fingerprint density at radius 3 is 2.60 bits per heavy atom. The van der Waals surface area contributed by atoms with E-state index in [9.17, 15) is 4.79 Å². The molecule has 0 radical (unpaired) electrons. The monoisotopic (exact) mass is 555 g/mol. The molecule has 2 N–H and O–H groups in total. The fraction of sp³-hybridized carbons (Fsp3) is 0.171. The van der Waals surface area contributed by atoms with E-state index in [-0.39, 0.29) is 11.9 Å². The standard InChI is InChI=1S/C35H33N5O2/c1-3-31(41)39-20-8-12-28(23-39)40-34-27(15-14-25-10-5-4-6-11-25)22-37-35(36)32(34)33(38-40)26-16-18-29(19-17-26)42-30-13-7-9-24(2)21-30/h3-7,9-11,13-19,21-22,28H,1,8,12,20,23H2,2H3,(H2,36,37)/b15-14+/t28-/m1/s1. The van der Waals surface area contributed by atoms with Crippen LogP contribution in [0, 0.1) is 6.92 Å². The van der Waals surface area contributed by atoms with Gasteiger partial charge in [-0.3, -0.25) is 9.48 Å². The van der Waals surface area contributed by atoms with Crippen LogP contribution in [-0.4, -0.2) is 38.7 Å². The normalized spacial score (nSPS) is 15.3. The molecule has 1 amide bonds. The number of piperidine rings is 1. The zero-order valence-corrected chi connectivity index (χ0v) is 23.6. The Morgan fingerprint density at radius 1 is 1.02 bits per heavy atom. The molecule has 42 heavy (non-hydrogen) atoms. The third-order valence-corrected chi connectivity index (χ3v) is 7.62. The Labute approximate surface area is 245 Å². The van der Waals surface area contributed by atoms with E-state index in [0.717, 1.165) is 63.2 Å². The van der Waals surface area contributed by atoms with Gasteiger partial charge in [0.25, 0.3) is 0 Å². The molecule has 5 aromatic rings. The number of nitrogen functional groups attached to an aromatic ring is 1. The first-order valence-electron chi connectivity index (χ1n) is 14.2. The number of amides is 1. The van der Waals surface area contributed by atoms with E-state index in [1.807, 2.05) is 83.2 Å². The molecule has 7 heteroatoms. The Kier molecular flexibility index (Phi) is 7.56. The van der Waals surface area contributed by atoms with Gasteiger partial charge < -0.3 is 15.4 Å². The third kappa shape index (κ3) is 5.54. The number of hydrogen-bond acceptors (Lipinski definition) is 5. The van der Waals surface area contributed by atoms with Gasteiger partial charge in [0, 0.05) is 30.4 Å². The summed E-state index contributed by atoms with van der Waals surface area (Å²) < 4.78 is 8.13. The largest absolute Gasteiger partial charge is 0.457 e. The number of aromatic nitrogens is 3. The number of anilines is 1. The van der Waals surface area contributed by atoms with Crippen molar-refractivity contribution in [2.75, 3.05) is 18.8 Å². The molecule has 1 saturated heterocycles. The van der Waals surface area contributed by atoms with Crippen molar-refractivity contribution in [2.24, 2.45) is 0 Å². The Hall–Kier alpha value is -5.17. The molecule has 0 saturated carbocycles. The van der Waals surface area contributed by atoms with E-state index in [0.29, 0.717) is 18.9 Å². The molecule has 1 atom stereocenters. The summed E-state index contributed by atoms with van der Waals surface area (Å²) in [4.78, 5) is 18.9. The van der Waals surface area contributed by atoms with Crippen molar-refractivity contribution < 1.29 is 9.53 Å². The molecule has 2 aromatic heterocycles. The molecule has 0 aliphatic carbocycles. The van der Waals surface area contributed by atoms with E-state index in [2.05, 4.69) is 35.8 Å². The number of fused-ring (bicyclic) bond motifs is 1. The maximum atomic E-state index is 12.5. The molecule has 6 rings (SSSR count). The first kappa shape index (κ1) is 27.0. The predicted molar refractivity (Wildman–Crippen MR) is 169 cm³/mol. The van der Waals surface area contributed by atoms with Crippen LogP contribution in [0.3, 0.4) is 0 Å². The number of benzene rings is 3. The number of carbonyl (C=O) groups is 1. The number of carbonyl (C=O) groups excluding carboxylic acids is 1. The van der Waals surface area contributed by atoms with Crippen LogP contribution in [0.2, 0.25) is 0 Å². The van der Waals surface area contributed by atoms with Crippen LogP contribution in [0.5, 0.6) is 11.5 Å². The smallest absolute Gasteiger partial charge is 0.246 e. The number of ether oxygens (including phenoxy) is 1. The van der Waals surface area contributed by atoms with E-state index >= 15 is 0 Å². The van der Waals surface area contributed by atoms with Gasteiger partial charge in [-0.1, -0.05) is 61.2 Å². The molecule has 0 spiro atoms. The molecular weight excluding hydrogens is 522 g/mol. The zero-order valence-electron chi connectivity index (χ0n) is 23.6. The lowest BCUT2D eigenvalue weighted by Gasteiger charge is -2.32. The SMILES string of the molecule is C=CC(=O)N1CCC[C@@H](n2nc(-c3ccc(Oc4cccc(C)c4)cc3)c3c(N)ncc(/C=C/c4ccccc4)c32)C1. The van der Waals surface area contributed by atoms with Gasteiger partial charge in [-0.25, -0.2) is 4.98 Å². The third-order valence-electron chi connectivity index (χ3n) is 7.62. The average molecular weight is 556 g/mol. The molecule has 0 unspecified atom stereocenters. The van der Waals surface area contributed by atoms with Crippen LogP contribution in [0.15, 0.2) is 97.7 Å².